The zero-order valence-electron chi connectivity index (χ0n) is 22.2. The molecule has 1 spiro atoms. The van der Waals surface area contributed by atoms with Crippen LogP contribution in [0.3, 0.4) is 0 Å². The van der Waals surface area contributed by atoms with E-state index in [4.69, 9.17) is 0 Å². The summed E-state index contributed by atoms with van der Waals surface area (Å²) in [5.74, 6) is -5.05. The van der Waals surface area contributed by atoms with E-state index in [-0.39, 0.29) is 36.8 Å². The van der Waals surface area contributed by atoms with Gasteiger partial charge in [0, 0.05) is 25.1 Å². The zero-order chi connectivity index (χ0) is 30.2. The number of halogens is 4. The molecule has 1 saturated heterocycles. The summed E-state index contributed by atoms with van der Waals surface area (Å²) >= 11 is 0. The number of carbonyl (C=O) groups excluding carboxylic acids is 4. The van der Waals surface area contributed by atoms with Gasteiger partial charge in [0.15, 0.2) is 0 Å². The molecule has 13 heteroatoms. The molecular formula is C29H27F4N5O4. The molecule has 1 aliphatic carbocycles. The Morgan fingerprint density at radius 3 is 2.50 bits per heavy atom. The molecule has 4 amide bonds. The van der Waals surface area contributed by atoms with Gasteiger partial charge in [0.1, 0.15) is 23.9 Å². The summed E-state index contributed by atoms with van der Waals surface area (Å²) in [6.07, 6.45) is -4.01. The molecule has 5 rings (SSSR count). The standard InChI is InChI=1S/C29H27F4N5O4/c30-18-5-3-4-17(10-18)12-22(37-27(42)29(31,32)33)24(39)35-23(11-16-8-9-16)25(40)38-15-28(13-19(38)14-34)20-6-1-2-7-21(20)36-26(28)41/h1-7,10,16,19,22-23H,8-9,11-13,15H2,(H,35,39)(H,36,41)(H,37,42)/t19-,22-,23-,28-/m0/s1. The van der Waals surface area contributed by atoms with Crippen molar-refractivity contribution in [2.24, 2.45) is 5.92 Å². The van der Waals surface area contributed by atoms with E-state index in [2.05, 4.69) is 16.7 Å². The number of alkyl halides is 3. The molecule has 2 aliphatic heterocycles. The van der Waals surface area contributed by atoms with Gasteiger partial charge in [-0.2, -0.15) is 18.4 Å². The van der Waals surface area contributed by atoms with Crippen LogP contribution in [-0.4, -0.2) is 59.4 Å². The van der Waals surface area contributed by atoms with E-state index < -0.39 is 59.7 Å². The second kappa shape index (κ2) is 11.1. The summed E-state index contributed by atoms with van der Waals surface area (Å²) in [5, 5.41) is 16.9. The van der Waals surface area contributed by atoms with Gasteiger partial charge in [0.25, 0.3) is 0 Å². The minimum Gasteiger partial charge on any atom is -0.342 e. The minimum atomic E-state index is -5.29. The minimum absolute atomic E-state index is 0.0337. The third kappa shape index (κ3) is 5.79. The van der Waals surface area contributed by atoms with Crippen molar-refractivity contribution in [3.63, 3.8) is 0 Å². The number of fused-ring (bicyclic) bond motifs is 2. The molecule has 0 radical (unpaired) electrons. The molecule has 2 aromatic rings. The van der Waals surface area contributed by atoms with E-state index in [1.807, 2.05) is 0 Å². The molecule has 3 N–H and O–H groups in total. The molecule has 0 aromatic heterocycles. The van der Waals surface area contributed by atoms with Gasteiger partial charge < -0.3 is 20.9 Å². The van der Waals surface area contributed by atoms with Gasteiger partial charge in [0.05, 0.1) is 11.5 Å². The fourth-order valence-corrected chi connectivity index (χ4v) is 5.72. The van der Waals surface area contributed by atoms with E-state index in [0.29, 0.717) is 11.3 Å². The number of anilines is 1. The number of nitrogens with zero attached hydrogens (tertiary/aromatic N) is 2. The van der Waals surface area contributed by atoms with Crippen molar-refractivity contribution < 1.29 is 36.7 Å². The van der Waals surface area contributed by atoms with E-state index in [0.717, 1.165) is 25.0 Å². The molecule has 4 atom stereocenters. The molecule has 9 nitrogen and oxygen atoms in total. The van der Waals surface area contributed by atoms with E-state index in [1.54, 1.807) is 29.6 Å². The third-order valence-corrected chi connectivity index (χ3v) is 8.00. The lowest BCUT2D eigenvalue weighted by Crippen LogP contribution is -2.57. The van der Waals surface area contributed by atoms with E-state index >= 15 is 0 Å². The summed E-state index contributed by atoms with van der Waals surface area (Å²) in [6.45, 7) is -0.124. The topological polar surface area (TPSA) is 131 Å². The first-order valence-corrected chi connectivity index (χ1v) is 13.4. The Morgan fingerprint density at radius 2 is 1.83 bits per heavy atom. The molecule has 2 aromatic carbocycles. The Labute approximate surface area is 238 Å². The van der Waals surface area contributed by atoms with Gasteiger partial charge >= 0.3 is 12.1 Å². The number of nitriles is 1. The highest BCUT2D eigenvalue weighted by molar-refractivity contribution is 6.07. The predicted octanol–water partition coefficient (Wildman–Crippen LogP) is 2.71. The number of carbonyl (C=O) groups is 4. The fraction of sp³-hybridized carbons (Fsp3) is 0.414. The van der Waals surface area contributed by atoms with Crippen LogP contribution in [0.15, 0.2) is 48.5 Å². The number of hydrogen-bond donors (Lipinski definition) is 3. The first-order chi connectivity index (χ1) is 19.9. The van der Waals surface area contributed by atoms with Crippen molar-refractivity contribution in [1.82, 2.24) is 15.5 Å². The highest BCUT2D eigenvalue weighted by atomic mass is 19.4. The van der Waals surface area contributed by atoms with Gasteiger partial charge in [-0.15, -0.1) is 0 Å². The fourth-order valence-electron chi connectivity index (χ4n) is 5.72. The molecule has 0 bridgehead atoms. The van der Waals surface area contributed by atoms with E-state index in [1.165, 1.54) is 17.0 Å². The van der Waals surface area contributed by atoms with Crippen LogP contribution in [0.2, 0.25) is 0 Å². The van der Waals surface area contributed by atoms with Crippen molar-refractivity contribution in [3.05, 3.63) is 65.5 Å². The van der Waals surface area contributed by atoms with E-state index in [9.17, 15) is 42.0 Å². The van der Waals surface area contributed by atoms with Gasteiger partial charge in [-0.05, 0) is 41.7 Å². The SMILES string of the molecule is N#C[C@@H]1C[C@@]2(CN1C(=O)[C@H](CC1CC1)NC(=O)[C@H](Cc1cccc(F)c1)NC(=O)C(F)(F)F)C(=O)Nc1ccccc12. The molecular weight excluding hydrogens is 558 g/mol. The Bertz CT molecular complexity index is 1470. The van der Waals surface area contributed by atoms with Crippen LogP contribution in [0.4, 0.5) is 23.2 Å². The number of rotatable bonds is 8. The summed E-state index contributed by atoms with van der Waals surface area (Å²) in [4.78, 5) is 53.4. The summed E-state index contributed by atoms with van der Waals surface area (Å²) in [6, 6.07) is 9.88. The van der Waals surface area contributed by atoms with Crippen LogP contribution in [0.5, 0.6) is 0 Å². The van der Waals surface area contributed by atoms with Gasteiger partial charge in [-0.3, -0.25) is 19.2 Å². The number of amides is 4. The Morgan fingerprint density at radius 1 is 1.10 bits per heavy atom. The van der Waals surface area contributed by atoms with Crippen molar-refractivity contribution in [2.45, 2.75) is 61.8 Å². The van der Waals surface area contributed by atoms with Crippen molar-refractivity contribution in [2.75, 3.05) is 11.9 Å². The molecule has 2 fully saturated rings. The summed E-state index contributed by atoms with van der Waals surface area (Å²) < 4.78 is 53.0. The number of hydrogen-bond acceptors (Lipinski definition) is 5. The molecule has 3 aliphatic rings. The van der Waals surface area contributed by atoms with Gasteiger partial charge in [0.2, 0.25) is 17.7 Å². The molecule has 1 saturated carbocycles. The van der Waals surface area contributed by atoms with Crippen LogP contribution < -0.4 is 16.0 Å². The van der Waals surface area contributed by atoms with Crippen LogP contribution in [0.1, 0.15) is 36.8 Å². The van der Waals surface area contributed by atoms with Crippen molar-refractivity contribution in [1.29, 1.82) is 5.26 Å². The summed E-state index contributed by atoms with van der Waals surface area (Å²) in [7, 11) is 0. The largest absolute Gasteiger partial charge is 0.471 e. The van der Waals surface area contributed by atoms with Crippen LogP contribution >= 0.6 is 0 Å². The lowest BCUT2D eigenvalue weighted by Gasteiger charge is -2.29. The van der Waals surface area contributed by atoms with Crippen molar-refractivity contribution in [3.8, 4) is 6.07 Å². The smallest absolute Gasteiger partial charge is 0.342 e. The first-order valence-electron chi connectivity index (χ1n) is 13.4. The maximum Gasteiger partial charge on any atom is 0.471 e. The third-order valence-electron chi connectivity index (χ3n) is 8.00. The average Bonchev–Trinajstić information content (AvgIpc) is 3.61. The molecule has 2 heterocycles. The maximum atomic E-state index is 13.9. The number of benzene rings is 2. The van der Waals surface area contributed by atoms with Gasteiger partial charge in [-0.25, -0.2) is 4.39 Å². The molecule has 42 heavy (non-hydrogen) atoms. The lowest BCUT2D eigenvalue weighted by molar-refractivity contribution is -0.174. The highest BCUT2D eigenvalue weighted by Crippen LogP contribution is 2.46. The van der Waals surface area contributed by atoms with Gasteiger partial charge in [-0.1, -0.05) is 43.2 Å². The quantitative estimate of drug-likeness (QED) is 0.410. The van der Waals surface area contributed by atoms with Crippen LogP contribution in [0.25, 0.3) is 0 Å². The van der Waals surface area contributed by atoms with Crippen LogP contribution in [0, 0.1) is 23.1 Å². The van der Waals surface area contributed by atoms with Crippen molar-refractivity contribution >= 4 is 29.3 Å². The Hall–Kier alpha value is -4.47. The first kappa shape index (κ1) is 29.0. The second-order valence-electron chi connectivity index (χ2n) is 11.0. The number of nitrogens with one attached hydrogen (secondary N) is 3. The zero-order valence-corrected chi connectivity index (χ0v) is 22.2. The number of likely N-dealkylation sites (tertiary alicyclic amines) is 1. The maximum absolute atomic E-state index is 13.9. The predicted molar refractivity (Wildman–Crippen MR) is 140 cm³/mol. The monoisotopic (exact) mass is 585 g/mol. The molecule has 0 unspecified atom stereocenters. The highest BCUT2D eigenvalue weighted by Gasteiger charge is 2.56. The number of para-hydroxylation sites is 1. The normalized spacial score (nSPS) is 22.6. The lowest BCUT2D eigenvalue weighted by atomic mass is 9.80. The second-order valence-corrected chi connectivity index (χ2v) is 11.0. The molecule has 220 valence electrons. The summed E-state index contributed by atoms with van der Waals surface area (Å²) in [5.41, 5.74) is 0.219. The average molecular weight is 586 g/mol. The Kier molecular flexibility index (Phi) is 7.66. The van der Waals surface area contributed by atoms with Crippen LogP contribution in [-0.2, 0) is 31.0 Å². The Balaban J connectivity index is 1.39.